The predicted molar refractivity (Wildman–Crippen MR) is 125 cm³/mol. The van der Waals surface area contributed by atoms with Gasteiger partial charge < -0.3 is 14.7 Å². The number of amides is 1. The summed E-state index contributed by atoms with van der Waals surface area (Å²) < 4.78 is 14.8. The molecule has 2 fully saturated rings. The Morgan fingerprint density at radius 3 is 2.30 bits per heavy atom. The Bertz CT molecular complexity index is 1150. The summed E-state index contributed by atoms with van der Waals surface area (Å²) in [5.74, 6) is 1.38. The summed E-state index contributed by atoms with van der Waals surface area (Å²) in [5, 5.41) is 4.46. The van der Waals surface area contributed by atoms with Gasteiger partial charge in [-0.2, -0.15) is 10.1 Å². The molecule has 1 aromatic carbocycles. The molecule has 1 amide bonds. The van der Waals surface area contributed by atoms with Crippen LogP contribution in [0, 0.1) is 12.7 Å². The number of aryl methyl sites for hydroxylation is 2. The molecule has 2 aliphatic rings. The number of piperazine rings is 1. The normalized spacial score (nSPS) is 16.5. The van der Waals surface area contributed by atoms with Crippen LogP contribution >= 0.6 is 0 Å². The molecule has 8 nitrogen and oxygen atoms in total. The molecule has 2 aromatic heterocycles. The SMILES string of the molecule is Cc1cc(N2CCCC2)nc(N2CCN(C(=O)c3cc(-c4ccc(F)cc4)nn3C)CC2)n1. The van der Waals surface area contributed by atoms with Crippen molar-refractivity contribution in [2.75, 3.05) is 49.1 Å². The largest absolute Gasteiger partial charge is 0.356 e. The first-order valence-electron chi connectivity index (χ1n) is 11.4. The third-order valence-electron chi connectivity index (χ3n) is 6.35. The minimum Gasteiger partial charge on any atom is -0.356 e. The Kier molecular flexibility index (Phi) is 5.70. The maximum Gasteiger partial charge on any atom is 0.272 e. The van der Waals surface area contributed by atoms with E-state index in [0.29, 0.717) is 37.6 Å². The van der Waals surface area contributed by atoms with E-state index in [1.165, 1.54) is 25.0 Å². The fraction of sp³-hybridized carbons (Fsp3) is 0.417. The van der Waals surface area contributed by atoms with Crippen molar-refractivity contribution in [2.24, 2.45) is 7.05 Å². The van der Waals surface area contributed by atoms with Gasteiger partial charge in [0.1, 0.15) is 17.3 Å². The number of carbonyl (C=O) groups excluding carboxylic acids is 1. The molecule has 0 N–H and O–H groups in total. The fourth-order valence-electron chi connectivity index (χ4n) is 4.49. The van der Waals surface area contributed by atoms with Gasteiger partial charge in [0.2, 0.25) is 5.95 Å². The van der Waals surface area contributed by atoms with Crippen molar-refractivity contribution in [2.45, 2.75) is 19.8 Å². The smallest absolute Gasteiger partial charge is 0.272 e. The summed E-state index contributed by atoms with van der Waals surface area (Å²) in [6, 6.07) is 9.95. The molecule has 9 heteroatoms. The molecule has 0 saturated carbocycles. The standard InChI is InChI=1S/C24H28FN7O/c1-17-15-22(30-9-3-4-10-30)27-24(26-17)32-13-11-31(12-14-32)23(33)21-16-20(28-29(21)2)18-5-7-19(25)8-6-18/h5-8,15-16H,3-4,9-14H2,1-2H3. The molecule has 0 spiro atoms. The van der Waals surface area contributed by atoms with Crippen LogP contribution in [0.2, 0.25) is 0 Å². The molecule has 2 aliphatic heterocycles. The average Bonchev–Trinajstić information content (AvgIpc) is 3.49. The summed E-state index contributed by atoms with van der Waals surface area (Å²) in [4.78, 5) is 29.0. The van der Waals surface area contributed by atoms with E-state index in [2.05, 4.69) is 25.9 Å². The molecule has 0 atom stereocenters. The van der Waals surface area contributed by atoms with E-state index < -0.39 is 0 Å². The van der Waals surface area contributed by atoms with Gasteiger partial charge >= 0.3 is 0 Å². The number of rotatable bonds is 4. The fourth-order valence-corrected chi connectivity index (χ4v) is 4.49. The van der Waals surface area contributed by atoms with Crippen LogP contribution in [0.4, 0.5) is 16.2 Å². The number of carbonyl (C=O) groups is 1. The van der Waals surface area contributed by atoms with E-state index in [1.54, 1.807) is 29.9 Å². The first-order chi connectivity index (χ1) is 16.0. The first kappa shape index (κ1) is 21.4. The highest BCUT2D eigenvalue weighted by Crippen LogP contribution is 2.23. The number of hydrogen-bond donors (Lipinski definition) is 0. The third kappa shape index (κ3) is 4.40. The van der Waals surface area contributed by atoms with E-state index in [0.717, 1.165) is 36.1 Å². The zero-order chi connectivity index (χ0) is 22.9. The lowest BCUT2D eigenvalue weighted by molar-refractivity contribution is 0.0735. The highest BCUT2D eigenvalue weighted by molar-refractivity contribution is 5.94. The van der Waals surface area contributed by atoms with Gasteiger partial charge in [0.15, 0.2) is 0 Å². The number of benzene rings is 1. The Morgan fingerprint density at radius 2 is 1.61 bits per heavy atom. The van der Waals surface area contributed by atoms with Crippen molar-refractivity contribution in [3.63, 3.8) is 0 Å². The first-order valence-corrected chi connectivity index (χ1v) is 11.4. The number of aromatic nitrogens is 4. The van der Waals surface area contributed by atoms with Crippen LogP contribution in [0.25, 0.3) is 11.3 Å². The van der Waals surface area contributed by atoms with Gasteiger partial charge in [-0.1, -0.05) is 0 Å². The van der Waals surface area contributed by atoms with Crippen LogP contribution in [-0.2, 0) is 7.05 Å². The zero-order valence-electron chi connectivity index (χ0n) is 19.0. The molecule has 3 aromatic rings. The van der Waals surface area contributed by atoms with Crippen molar-refractivity contribution < 1.29 is 9.18 Å². The Labute approximate surface area is 192 Å². The maximum atomic E-state index is 13.2. The number of halogens is 1. The minimum absolute atomic E-state index is 0.0547. The average molecular weight is 450 g/mol. The molecular weight excluding hydrogens is 421 g/mol. The lowest BCUT2D eigenvalue weighted by Gasteiger charge is -2.35. The summed E-state index contributed by atoms with van der Waals surface area (Å²) in [6.45, 7) is 6.63. The second-order valence-corrected chi connectivity index (χ2v) is 8.69. The second-order valence-electron chi connectivity index (χ2n) is 8.69. The van der Waals surface area contributed by atoms with E-state index in [1.807, 2.05) is 11.8 Å². The van der Waals surface area contributed by atoms with Gasteiger partial charge in [0.05, 0.1) is 5.69 Å². The van der Waals surface area contributed by atoms with Crippen LogP contribution < -0.4 is 9.80 Å². The van der Waals surface area contributed by atoms with Crippen LogP contribution in [0.3, 0.4) is 0 Å². The van der Waals surface area contributed by atoms with Gasteiger partial charge in [-0.3, -0.25) is 9.48 Å². The zero-order valence-corrected chi connectivity index (χ0v) is 19.0. The van der Waals surface area contributed by atoms with Gasteiger partial charge in [0, 0.05) is 63.6 Å². The van der Waals surface area contributed by atoms with Crippen molar-refractivity contribution in [3.8, 4) is 11.3 Å². The molecule has 2 saturated heterocycles. The van der Waals surface area contributed by atoms with Crippen LogP contribution in [0.5, 0.6) is 0 Å². The molecular formula is C24H28FN7O. The minimum atomic E-state index is -0.297. The predicted octanol–water partition coefficient (Wildman–Crippen LogP) is 2.89. The number of anilines is 2. The highest BCUT2D eigenvalue weighted by atomic mass is 19.1. The summed E-state index contributed by atoms with van der Waals surface area (Å²) in [6.07, 6.45) is 2.41. The quantitative estimate of drug-likeness (QED) is 0.610. The maximum absolute atomic E-state index is 13.2. The van der Waals surface area contributed by atoms with Crippen molar-refractivity contribution in [1.29, 1.82) is 0 Å². The van der Waals surface area contributed by atoms with Crippen LogP contribution in [0.15, 0.2) is 36.4 Å². The second kappa shape index (κ2) is 8.80. The summed E-state index contributed by atoms with van der Waals surface area (Å²) >= 11 is 0. The Balaban J connectivity index is 1.27. The van der Waals surface area contributed by atoms with Gasteiger partial charge in [-0.15, -0.1) is 0 Å². The summed E-state index contributed by atoms with van der Waals surface area (Å²) in [5.41, 5.74) is 2.91. The molecule has 4 heterocycles. The Hall–Kier alpha value is -3.49. The highest BCUT2D eigenvalue weighted by Gasteiger charge is 2.27. The van der Waals surface area contributed by atoms with E-state index >= 15 is 0 Å². The van der Waals surface area contributed by atoms with E-state index in [4.69, 9.17) is 4.98 Å². The van der Waals surface area contributed by atoms with E-state index in [-0.39, 0.29) is 11.7 Å². The van der Waals surface area contributed by atoms with Crippen LogP contribution in [0.1, 0.15) is 29.0 Å². The van der Waals surface area contributed by atoms with Crippen molar-refractivity contribution >= 4 is 17.7 Å². The Morgan fingerprint density at radius 1 is 0.909 bits per heavy atom. The summed E-state index contributed by atoms with van der Waals surface area (Å²) in [7, 11) is 1.76. The molecule has 33 heavy (non-hydrogen) atoms. The van der Waals surface area contributed by atoms with Crippen LogP contribution in [-0.4, -0.2) is 69.8 Å². The molecule has 0 aliphatic carbocycles. The third-order valence-corrected chi connectivity index (χ3v) is 6.35. The molecule has 0 bridgehead atoms. The number of nitrogens with zero attached hydrogens (tertiary/aromatic N) is 7. The number of hydrogen-bond acceptors (Lipinski definition) is 6. The van der Waals surface area contributed by atoms with Gasteiger partial charge in [0.25, 0.3) is 5.91 Å². The molecule has 0 radical (unpaired) electrons. The van der Waals surface area contributed by atoms with Gasteiger partial charge in [-0.05, 0) is 50.1 Å². The van der Waals surface area contributed by atoms with Crippen molar-refractivity contribution in [1.82, 2.24) is 24.6 Å². The molecule has 172 valence electrons. The van der Waals surface area contributed by atoms with Crippen molar-refractivity contribution in [3.05, 3.63) is 53.6 Å². The van der Waals surface area contributed by atoms with Gasteiger partial charge in [-0.25, -0.2) is 9.37 Å². The lowest BCUT2D eigenvalue weighted by Crippen LogP contribution is -2.49. The lowest BCUT2D eigenvalue weighted by atomic mass is 10.1. The van der Waals surface area contributed by atoms with E-state index in [9.17, 15) is 9.18 Å². The molecule has 0 unspecified atom stereocenters. The topological polar surface area (TPSA) is 70.4 Å². The monoisotopic (exact) mass is 449 g/mol. The molecule has 5 rings (SSSR count).